The van der Waals surface area contributed by atoms with Gasteiger partial charge in [0.2, 0.25) is 0 Å². The summed E-state index contributed by atoms with van der Waals surface area (Å²) in [5, 5.41) is 5.00. The minimum absolute atomic E-state index is 0.308. The Labute approximate surface area is 133 Å². The molecule has 0 radical (unpaired) electrons. The van der Waals surface area contributed by atoms with Crippen molar-refractivity contribution in [3.8, 4) is 0 Å². The van der Waals surface area contributed by atoms with Crippen molar-refractivity contribution >= 4 is 23.2 Å². The normalized spacial score (nSPS) is 20.4. The van der Waals surface area contributed by atoms with Gasteiger partial charge in [-0.25, -0.2) is 0 Å². The Morgan fingerprint density at radius 3 is 2.25 bits per heavy atom. The van der Waals surface area contributed by atoms with Crippen molar-refractivity contribution in [3.63, 3.8) is 0 Å². The summed E-state index contributed by atoms with van der Waals surface area (Å²) in [7, 11) is 0. The number of rotatable bonds is 4. The molecule has 1 aliphatic carbocycles. The molecule has 0 bridgehead atoms. The molecule has 0 spiro atoms. The molecule has 112 valence electrons. The Kier molecular flexibility index (Phi) is 6.20. The number of benzene rings is 1. The zero-order valence-corrected chi connectivity index (χ0v) is 14.0. The summed E-state index contributed by atoms with van der Waals surface area (Å²) in [4.78, 5) is 0. The quantitative estimate of drug-likeness (QED) is 0.672. The van der Waals surface area contributed by atoms with Crippen LogP contribution in [0.4, 0.5) is 0 Å². The van der Waals surface area contributed by atoms with E-state index in [1.54, 1.807) is 0 Å². The highest BCUT2D eigenvalue weighted by Crippen LogP contribution is 2.29. The summed E-state index contributed by atoms with van der Waals surface area (Å²) in [5.74, 6) is 0.808. The van der Waals surface area contributed by atoms with Gasteiger partial charge in [-0.2, -0.15) is 0 Å². The Balaban J connectivity index is 1.95. The third-order valence-corrected chi connectivity index (χ3v) is 5.30. The molecular weight excluding hydrogens is 289 g/mol. The molecule has 1 aromatic rings. The predicted octanol–water partition coefficient (Wildman–Crippen LogP) is 6.00. The van der Waals surface area contributed by atoms with Crippen LogP contribution >= 0.6 is 23.2 Å². The van der Waals surface area contributed by atoms with E-state index in [9.17, 15) is 0 Å². The lowest BCUT2D eigenvalue weighted by Crippen LogP contribution is -2.35. The Hall–Kier alpha value is -0.240. The number of nitrogens with one attached hydrogen (secondary N) is 1. The topological polar surface area (TPSA) is 12.0 Å². The Morgan fingerprint density at radius 2 is 1.65 bits per heavy atom. The van der Waals surface area contributed by atoms with E-state index in [-0.39, 0.29) is 0 Å². The van der Waals surface area contributed by atoms with Crippen LogP contribution in [-0.4, -0.2) is 6.04 Å². The Morgan fingerprint density at radius 1 is 1.00 bits per heavy atom. The van der Waals surface area contributed by atoms with Gasteiger partial charge < -0.3 is 5.32 Å². The first-order chi connectivity index (χ1) is 9.58. The molecule has 1 fully saturated rings. The van der Waals surface area contributed by atoms with Gasteiger partial charge in [0.25, 0.3) is 0 Å². The van der Waals surface area contributed by atoms with Crippen LogP contribution in [0.3, 0.4) is 0 Å². The minimum Gasteiger partial charge on any atom is -0.307 e. The van der Waals surface area contributed by atoms with Crippen molar-refractivity contribution in [3.05, 3.63) is 33.8 Å². The molecule has 0 aromatic heterocycles. The van der Waals surface area contributed by atoms with Gasteiger partial charge in [0.1, 0.15) is 0 Å². The molecule has 3 heteroatoms. The average Bonchev–Trinajstić information content (AvgIpc) is 2.70. The predicted molar refractivity (Wildman–Crippen MR) is 88.7 cm³/mol. The molecule has 0 amide bonds. The smallest absolute Gasteiger partial charge is 0.0595 e. The van der Waals surface area contributed by atoms with Crippen LogP contribution in [0.5, 0.6) is 0 Å². The van der Waals surface area contributed by atoms with E-state index in [0.717, 1.165) is 5.92 Å². The maximum atomic E-state index is 6.10. The fourth-order valence-electron chi connectivity index (χ4n) is 3.22. The maximum Gasteiger partial charge on any atom is 0.0595 e. The zero-order chi connectivity index (χ0) is 14.5. The van der Waals surface area contributed by atoms with E-state index >= 15 is 0 Å². The zero-order valence-electron chi connectivity index (χ0n) is 12.5. The van der Waals surface area contributed by atoms with Crippen LogP contribution in [-0.2, 0) is 0 Å². The van der Waals surface area contributed by atoms with Crippen molar-refractivity contribution in [2.24, 2.45) is 5.92 Å². The first kappa shape index (κ1) is 16.1. The van der Waals surface area contributed by atoms with Crippen molar-refractivity contribution in [2.45, 2.75) is 64.5 Å². The lowest BCUT2D eigenvalue weighted by atomic mass is 9.92. The van der Waals surface area contributed by atoms with Crippen LogP contribution in [0.25, 0.3) is 0 Å². The molecule has 2 rings (SSSR count). The second kappa shape index (κ2) is 7.68. The van der Waals surface area contributed by atoms with E-state index < -0.39 is 0 Å². The van der Waals surface area contributed by atoms with Crippen molar-refractivity contribution in [1.29, 1.82) is 0 Å². The summed E-state index contributed by atoms with van der Waals surface area (Å²) < 4.78 is 0. The van der Waals surface area contributed by atoms with Gasteiger partial charge in [-0.1, -0.05) is 55.0 Å². The van der Waals surface area contributed by atoms with Gasteiger partial charge in [-0.15, -0.1) is 0 Å². The molecule has 2 atom stereocenters. The molecule has 0 heterocycles. The molecule has 1 aliphatic rings. The third-order valence-electron chi connectivity index (χ3n) is 4.56. The SMILES string of the molecule is CC(N[C@@H](C)C1CCCCCC1)c1ccc(Cl)c(Cl)c1. The summed E-state index contributed by atoms with van der Waals surface area (Å²) in [5.41, 5.74) is 1.21. The lowest BCUT2D eigenvalue weighted by molar-refractivity contribution is 0.316. The maximum absolute atomic E-state index is 6.10. The second-order valence-corrected chi connectivity index (χ2v) is 6.92. The van der Waals surface area contributed by atoms with Gasteiger partial charge in [0.15, 0.2) is 0 Å². The number of halogens is 2. The van der Waals surface area contributed by atoms with Crippen LogP contribution in [0.2, 0.25) is 10.0 Å². The van der Waals surface area contributed by atoms with Gasteiger partial charge in [0, 0.05) is 12.1 Å². The molecular formula is C17H25Cl2N. The van der Waals surface area contributed by atoms with Gasteiger partial charge in [-0.05, 0) is 50.3 Å². The van der Waals surface area contributed by atoms with Gasteiger partial charge in [-0.3, -0.25) is 0 Å². The molecule has 1 unspecified atom stereocenters. The molecule has 1 saturated carbocycles. The van der Waals surface area contributed by atoms with Crippen molar-refractivity contribution in [1.82, 2.24) is 5.32 Å². The van der Waals surface area contributed by atoms with E-state index in [2.05, 4.69) is 25.2 Å². The van der Waals surface area contributed by atoms with Crippen molar-refractivity contribution in [2.75, 3.05) is 0 Å². The highest BCUT2D eigenvalue weighted by molar-refractivity contribution is 6.42. The lowest BCUT2D eigenvalue weighted by Gasteiger charge is -2.27. The molecule has 0 saturated heterocycles. The molecule has 1 nitrogen and oxygen atoms in total. The highest BCUT2D eigenvalue weighted by Gasteiger charge is 2.20. The van der Waals surface area contributed by atoms with E-state index in [0.29, 0.717) is 22.1 Å². The van der Waals surface area contributed by atoms with Crippen LogP contribution in [0, 0.1) is 5.92 Å². The standard InChI is InChI=1S/C17H25Cl2N/c1-12(14-7-5-3-4-6-8-14)20-13(2)15-9-10-16(18)17(19)11-15/h9-14,20H,3-8H2,1-2H3/t12-,13?/m0/s1. The largest absolute Gasteiger partial charge is 0.307 e. The van der Waals surface area contributed by atoms with Crippen LogP contribution in [0.15, 0.2) is 18.2 Å². The summed E-state index contributed by atoms with van der Waals surface area (Å²) in [6.45, 7) is 4.52. The Bertz CT molecular complexity index is 425. The minimum atomic E-state index is 0.308. The summed E-state index contributed by atoms with van der Waals surface area (Å²) in [6, 6.07) is 6.78. The average molecular weight is 314 g/mol. The highest BCUT2D eigenvalue weighted by atomic mass is 35.5. The van der Waals surface area contributed by atoms with E-state index in [1.807, 2.05) is 12.1 Å². The van der Waals surface area contributed by atoms with Crippen LogP contribution in [0.1, 0.15) is 64.0 Å². The fourth-order valence-corrected chi connectivity index (χ4v) is 3.53. The van der Waals surface area contributed by atoms with Gasteiger partial charge in [0.05, 0.1) is 10.0 Å². The molecule has 0 aliphatic heterocycles. The van der Waals surface area contributed by atoms with Crippen LogP contribution < -0.4 is 5.32 Å². The second-order valence-electron chi connectivity index (χ2n) is 6.10. The molecule has 20 heavy (non-hydrogen) atoms. The first-order valence-corrected chi connectivity index (χ1v) is 8.54. The number of hydrogen-bond donors (Lipinski definition) is 1. The monoisotopic (exact) mass is 313 g/mol. The van der Waals surface area contributed by atoms with E-state index in [4.69, 9.17) is 23.2 Å². The third kappa shape index (κ3) is 4.38. The number of hydrogen-bond acceptors (Lipinski definition) is 1. The molecule has 1 N–H and O–H groups in total. The first-order valence-electron chi connectivity index (χ1n) is 7.79. The fraction of sp³-hybridized carbons (Fsp3) is 0.647. The van der Waals surface area contributed by atoms with Gasteiger partial charge >= 0.3 is 0 Å². The van der Waals surface area contributed by atoms with E-state index in [1.165, 1.54) is 44.1 Å². The summed E-state index contributed by atoms with van der Waals surface area (Å²) >= 11 is 12.1. The van der Waals surface area contributed by atoms with Crippen molar-refractivity contribution < 1.29 is 0 Å². The molecule has 1 aromatic carbocycles. The summed E-state index contributed by atoms with van der Waals surface area (Å²) in [6.07, 6.45) is 8.32.